The van der Waals surface area contributed by atoms with E-state index in [0.29, 0.717) is 30.5 Å². The van der Waals surface area contributed by atoms with Gasteiger partial charge in [-0.05, 0) is 56.2 Å². The Labute approximate surface area is 187 Å². The highest BCUT2D eigenvalue weighted by Crippen LogP contribution is 2.33. The number of hydrogen-bond acceptors (Lipinski definition) is 4. The molecule has 1 N–H and O–H groups in total. The van der Waals surface area contributed by atoms with Gasteiger partial charge in [-0.15, -0.1) is 24.8 Å². The maximum Gasteiger partial charge on any atom is 0.222 e. The van der Waals surface area contributed by atoms with Gasteiger partial charge in [0, 0.05) is 51.2 Å². The predicted octanol–water partition coefficient (Wildman–Crippen LogP) is 3.49. The Balaban J connectivity index is 0.00000150. The molecule has 2 unspecified atom stereocenters. The smallest absolute Gasteiger partial charge is 0.222 e. The summed E-state index contributed by atoms with van der Waals surface area (Å²) in [4.78, 5) is 17.3. The van der Waals surface area contributed by atoms with E-state index in [-0.39, 0.29) is 24.8 Å². The van der Waals surface area contributed by atoms with E-state index >= 15 is 0 Å². The van der Waals surface area contributed by atoms with Gasteiger partial charge in [0.2, 0.25) is 5.91 Å². The van der Waals surface area contributed by atoms with Gasteiger partial charge in [-0.1, -0.05) is 12.1 Å². The molecule has 0 saturated carbocycles. The predicted molar refractivity (Wildman–Crippen MR) is 121 cm³/mol. The van der Waals surface area contributed by atoms with Gasteiger partial charge in [-0.25, -0.2) is 0 Å². The van der Waals surface area contributed by atoms with Gasteiger partial charge in [-0.2, -0.15) is 0 Å². The number of halogens is 2. The molecule has 0 aromatic heterocycles. The van der Waals surface area contributed by atoms with E-state index in [1.54, 1.807) is 0 Å². The van der Waals surface area contributed by atoms with E-state index in [2.05, 4.69) is 27.2 Å². The fourth-order valence-electron chi connectivity index (χ4n) is 4.99. The summed E-state index contributed by atoms with van der Waals surface area (Å²) < 4.78 is 5.51. The van der Waals surface area contributed by atoms with Crippen LogP contribution in [0, 0.1) is 5.92 Å². The lowest BCUT2D eigenvalue weighted by atomic mass is 9.89. The van der Waals surface area contributed by atoms with Gasteiger partial charge in [0.25, 0.3) is 0 Å². The third-order valence-electron chi connectivity index (χ3n) is 6.40. The zero-order valence-corrected chi connectivity index (χ0v) is 19.0. The normalized spacial score (nSPS) is 26.4. The van der Waals surface area contributed by atoms with Crippen molar-refractivity contribution in [1.82, 2.24) is 15.1 Å². The number of carbonyl (C=O) groups excluding carboxylic acids is 1. The molecule has 0 spiro atoms. The summed E-state index contributed by atoms with van der Waals surface area (Å²) in [5, 5.41) is 3.67. The van der Waals surface area contributed by atoms with Crippen LogP contribution in [0.4, 0.5) is 0 Å². The second kappa shape index (κ2) is 11.4. The second-order valence-corrected chi connectivity index (χ2v) is 8.41. The summed E-state index contributed by atoms with van der Waals surface area (Å²) in [7, 11) is 0. The number of rotatable bonds is 6. The van der Waals surface area contributed by atoms with Crippen LogP contribution in [0.25, 0.3) is 0 Å². The molecule has 29 heavy (non-hydrogen) atoms. The van der Waals surface area contributed by atoms with Gasteiger partial charge in [0.15, 0.2) is 0 Å². The maximum absolute atomic E-state index is 12.7. The number of hydrogen-bond donors (Lipinski definition) is 1. The highest BCUT2D eigenvalue weighted by molar-refractivity contribution is 5.85. The van der Waals surface area contributed by atoms with Crippen molar-refractivity contribution in [2.75, 3.05) is 32.8 Å². The van der Waals surface area contributed by atoms with E-state index in [1.807, 2.05) is 19.1 Å². The molecule has 1 amide bonds. The van der Waals surface area contributed by atoms with E-state index in [4.69, 9.17) is 4.74 Å². The molecule has 0 aliphatic carbocycles. The van der Waals surface area contributed by atoms with Crippen LogP contribution in [-0.4, -0.2) is 60.6 Å². The lowest BCUT2D eigenvalue weighted by Crippen LogP contribution is -2.49. The fraction of sp³-hybridized carbons (Fsp3) is 0.682. The van der Waals surface area contributed by atoms with Crippen LogP contribution in [0.5, 0.6) is 5.75 Å². The third kappa shape index (κ3) is 6.48. The minimum Gasteiger partial charge on any atom is -0.494 e. The Hall–Kier alpha value is -1.01. The van der Waals surface area contributed by atoms with Crippen LogP contribution in [-0.2, 0) is 11.3 Å². The number of piperazine rings is 1. The van der Waals surface area contributed by atoms with Crippen molar-refractivity contribution >= 4 is 30.7 Å². The zero-order chi connectivity index (χ0) is 18.6. The molecule has 3 heterocycles. The molecular weight excluding hydrogens is 409 g/mol. The Kier molecular flexibility index (Phi) is 9.54. The molecule has 3 fully saturated rings. The largest absolute Gasteiger partial charge is 0.494 e. The number of nitrogens with zero attached hydrogens (tertiary/aromatic N) is 2. The lowest BCUT2D eigenvalue weighted by Gasteiger charge is -2.36. The topological polar surface area (TPSA) is 44.8 Å². The first-order valence-electron chi connectivity index (χ1n) is 10.7. The van der Waals surface area contributed by atoms with Crippen LogP contribution in [0.1, 0.15) is 44.6 Å². The Bertz CT molecular complexity index is 623. The summed E-state index contributed by atoms with van der Waals surface area (Å²) in [5.74, 6) is 1.91. The van der Waals surface area contributed by atoms with Crippen molar-refractivity contribution in [2.45, 2.75) is 57.7 Å². The molecule has 3 saturated heterocycles. The average molecular weight is 444 g/mol. The molecule has 0 radical (unpaired) electrons. The van der Waals surface area contributed by atoms with Crippen molar-refractivity contribution in [2.24, 2.45) is 5.92 Å². The number of ether oxygens (including phenoxy) is 1. The quantitative estimate of drug-likeness (QED) is 0.730. The Morgan fingerprint density at radius 2 is 1.66 bits per heavy atom. The van der Waals surface area contributed by atoms with Crippen LogP contribution >= 0.6 is 24.8 Å². The van der Waals surface area contributed by atoms with E-state index in [1.165, 1.54) is 31.2 Å². The molecule has 1 aromatic carbocycles. The van der Waals surface area contributed by atoms with Gasteiger partial charge in [0.1, 0.15) is 5.75 Å². The fourth-order valence-corrected chi connectivity index (χ4v) is 4.99. The number of nitrogens with one attached hydrogen (secondary N) is 1. The SMILES string of the molecule is CCOc1ccc(CN2CCN(C(=O)CC3CC4CCC(C3)N4)CC2)cc1.Cl.Cl. The first-order chi connectivity index (χ1) is 13.2. The Morgan fingerprint density at radius 1 is 1.03 bits per heavy atom. The maximum atomic E-state index is 12.7. The summed E-state index contributed by atoms with van der Waals surface area (Å²) in [6, 6.07) is 9.73. The molecule has 164 valence electrons. The first-order valence-corrected chi connectivity index (χ1v) is 10.7. The monoisotopic (exact) mass is 443 g/mol. The minimum absolute atomic E-state index is 0. The van der Waals surface area contributed by atoms with Gasteiger partial charge in [0.05, 0.1) is 6.61 Å². The number of piperidine rings is 1. The number of benzene rings is 1. The van der Waals surface area contributed by atoms with Gasteiger partial charge < -0.3 is 15.0 Å². The van der Waals surface area contributed by atoms with Crippen molar-refractivity contribution in [1.29, 1.82) is 0 Å². The molecular formula is C22H35Cl2N3O2. The third-order valence-corrected chi connectivity index (χ3v) is 6.40. The highest BCUT2D eigenvalue weighted by Gasteiger charge is 2.35. The molecule has 4 rings (SSSR count). The zero-order valence-electron chi connectivity index (χ0n) is 17.3. The molecule has 2 bridgehead atoms. The van der Waals surface area contributed by atoms with Crippen LogP contribution in [0.15, 0.2) is 24.3 Å². The molecule has 5 nitrogen and oxygen atoms in total. The first kappa shape index (κ1) is 24.3. The number of amides is 1. The summed E-state index contributed by atoms with van der Waals surface area (Å²) in [6.45, 7) is 7.33. The molecule has 3 aliphatic heterocycles. The van der Waals surface area contributed by atoms with Crippen LogP contribution in [0.2, 0.25) is 0 Å². The standard InChI is InChI=1S/C22H33N3O2.2ClH/c1-2-27-21-7-3-17(4-8-21)16-24-9-11-25(12-10-24)22(26)15-18-13-19-5-6-20(14-18)23-19;;/h3-4,7-8,18-20,23H,2,5-6,9-16H2,1H3;2*1H. The second-order valence-electron chi connectivity index (χ2n) is 8.41. The van der Waals surface area contributed by atoms with Gasteiger partial charge in [-0.3, -0.25) is 9.69 Å². The van der Waals surface area contributed by atoms with Crippen molar-refractivity contribution in [3.8, 4) is 5.75 Å². The number of fused-ring (bicyclic) bond motifs is 2. The molecule has 7 heteroatoms. The molecule has 2 atom stereocenters. The summed E-state index contributed by atoms with van der Waals surface area (Å²) in [6.07, 6.45) is 5.76. The molecule has 1 aromatic rings. The van der Waals surface area contributed by atoms with E-state index in [9.17, 15) is 4.79 Å². The minimum atomic E-state index is 0. The lowest BCUT2D eigenvalue weighted by molar-refractivity contribution is -0.134. The molecule has 3 aliphatic rings. The van der Waals surface area contributed by atoms with Crippen molar-refractivity contribution in [3.05, 3.63) is 29.8 Å². The van der Waals surface area contributed by atoms with E-state index in [0.717, 1.165) is 44.9 Å². The highest BCUT2D eigenvalue weighted by atomic mass is 35.5. The number of carbonyl (C=O) groups is 1. The van der Waals surface area contributed by atoms with Crippen LogP contribution in [0.3, 0.4) is 0 Å². The summed E-state index contributed by atoms with van der Waals surface area (Å²) in [5.41, 5.74) is 1.31. The van der Waals surface area contributed by atoms with Crippen molar-refractivity contribution < 1.29 is 9.53 Å². The average Bonchev–Trinajstić information content (AvgIpc) is 3.02. The van der Waals surface area contributed by atoms with E-state index < -0.39 is 0 Å². The van der Waals surface area contributed by atoms with Crippen molar-refractivity contribution in [3.63, 3.8) is 0 Å². The van der Waals surface area contributed by atoms with Crippen LogP contribution < -0.4 is 10.1 Å². The van der Waals surface area contributed by atoms with Gasteiger partial charge >= 0.3 is 0 Å². The Morgan fingerprint density at radius 3 is 2.24 bits per heavy atom. The summed E-state index contributed by atoms with van der Waals surface area (Å²) >= 11 is 0.